The van der Waals surface area contributed by atoms with Gasteiger partial charge in [0.25, 0.3) is 0 Å². The zero-order valence-electron chi connectivity index (χ0n) is 14.4. The van der Waals surface area contributed by atoms with E-state index < -0.39 is 6.16 Å². The van der Waals surface area contributed by atoms with Crippen molar-refractivity contribution in [3.05, 3.63) is 35.4 Å². The highest BCUT2D eigenvalue weighted by Gasteiger charge is 2.15. The summed E-state index contributed by atoms with van der Waals surface area (Å²) >= 11 is 0. The molecule has 1 aromatic rings. The van der Waals surface area contributed by atoms with Gasteiger partial charge in [0.2, 0.25) is 0 Å². The summed E-state index contributed by atoms with van der Waals surface area (Å²) in [6.45, 7) is 8.78. The van der Waals surface area contributed by atoms with Crippen molar-refractivity contribution in [1.82, 2.24) is 0 Å². The maximum absolute atomic E-state index is 11.5. The van der Waals surface area contributed by atoms with Gasteiger partial charge in [-0.2, -0.15) is 5.26 Å². The third-order valence-electron chi connectivity index (χ3n) is 2.50. The average Bonchev–Trinajstić information content (AvgIpc) is 2.47. The molecule has 7 heteroatoms. The molecule has 0 spiro atoms. The van der Waals surface area contributed by atoms with Crippen molar-refractivity contribution >= 4 is 18.0 Å². The molecule has 0 aromatic heterocycles. The summed E-state index contributed by atoms with van der Waals surface area (Å²) in [5.74, 6) is 0. The van der Waals surface area contributed by atoms with Crippen LogP contribution in [0, 0.1) is 18.3 Å². The van der Waals surface area contributed by atoms with Gasteiger partial charge in [-0.15, -0.1) is 5.10 Å². The van der Waals surface area contributed by atoms with Crippen LogP contribution in [0.1, 0.15) is 38.8 Å². The second-order valence-electron chi connectivity index (χ2n) is 5.48. The Bertz CT molecular complexity index is 655. The quantitative estimate of drug-likeness (QED) is 0.364. The van der Waals surface area contributed by atoms with Crippen LogP contribution in [0.25, 0.3) is 0 Å². The van der Waals surface area contributed by atoms with Gasteiger partial charge in [0, 0.05) is 5.56 Å². The van der Waals surface area contributed by atoms with Gasteiger partial charge in [0.1, 0.15) is 6.07 Å². The SMILES string of the molecule is Cc1ccc(/C(C#N)=N/N=C(\OC(=O)OC(C)C)OC(C)C)cc1. The molecule has 1 rings (SSSR count). The van der Waals surface area contributed by atoms with E-state index in [0.29, 0.717) is 5.56 Å². The third-order valence-corrected chi connectivity index (χ3v) is 2.50. The molecule has 0 saturated carbocycles. The highest BCUT2D eigenvalue weighted by Crippen LogP contribution is 2.06. The lowest BCUT2D eigenvalue weighted by Gasteiger charge is -2.12. The van der Waals surface area contributed by atoms with Crippen LogP contribution in [0.3, 0.4) is 0 Å². The highest BCUT2D eigenvalue weighted by atomic mass is 16.8. The topological polar surface area (TPSA) is 93.3 Å². The number of benzene rings is 1. The maximum atomic E-state index is 11.5. The van der Waals surface area contributed by atoms with Gasteiger partial charge in [-0.3, -0.25) is 0 Å². The molecule has 0 fully saturated rings. The third kappa shape index (κ3) is 6.92. The van der Waals surface area contributed by atoms with Crippen LogP contribution in [0.15, 0.2) is 34.5 Å². The largest absolute Gasteiger partial charge is 0.517 e. The van der Waals surface area contributed by atoms with Gasteiger partial charge in [0.05, 0.1) is 12.2 Å². The molecule has 0 atom stereocenters. The molecule has 0 bridgehead atoms. The predicted molar refractivity (Wildman–Crippen MR) is 89.7 cm³/mol. The lowest BCUT2D eigenvalue weighted by atomic mass is 10.1. The second kappa shape index (κ2) is 9.30. The Kier molecular flexibility index (Phi) is 7.43. The monoisotopic (exact) mass is 331 g/mol. The van der Waals surface area contributed by atoms with E-state index >= 15 is 0 Å². The zero-order valence-corrected chi connectivity index (χ0v) is 14.4. The average molecular weight is 331 g/mol. The standard InChI is InChI=1S/C17H21N3O4/c1-11(2)22-16(24-17(21)23-12(3)4)20-19-15(10-18)14-8-6-13(5)7-9-14/h6-9,11-12H,1-5H3/b19-15+,20-16-. The Morgan fingerprint density at radius 1 is 1.04 bits per heavy atom. The molecule has 0 saturated heterocycles. The number of carbonyl (C=O) groups excluding carboxylic acids is 1. The number of hydrogen-bond donors (Lipinski definition) is 0. The molecule has 24 heavy (non-hydrogen) atoms. The first kappa shape index (κ1) is 19.2. The van der Waals surface area contributed by atoms with E-state index in [0.717, 1.165) is 5.56 Å². The summed E-state index contributed by atoms with van der Waals surface area (Å²) in [5, 5.41) is 16.8. The van der Waals surface area contributed by atoms with Crippen LogP contribution in [0.2, 0.25) is 0 Å². The molecule has 0 aliphatic heterocycles. The minimum absolute atomic E-state index is 0.0701. The van der Waals surface area contributed by atoms with Gasteiger partial charge in [0.15, 0.2) is 5.71 Å². The second-order valence-corrected chi connectivity index (χ2v) is 5.48. The van der Waals surface area contributed by atoms with E-state index in [1.807, 2.05) is 25.1 Å². The molecule has 0 heterocycles. The Hall–Kier alpha value is -2.88. The van der Waals surface area contributed by atoms with Crippen molar-refractivity contribution < 1.29 is 19.0 Å². The molecule has 128 valence electrons. The fraction of sp³-hybridized carbons (Fsp3) is 0.412. The summed E-state index contributed by atoms with van der Waals surface area (Å²) in [5.41, 5.74) is 1.73. The van der Waals surface area contributed by atoms with Crippen LogP contribution in [0.5, 0.6) is 0 Å². The number of rotatable bonds is 4. The number of carbonyl (C=O) groups is 1. The fourth-order valence-corrected chi connectivity index (χ4v) is 1.50. The van der Waals surface area contributed by atoms with Crippen molar-refractivity contribution in [2.75, 3.05) is 0 Å². The van der Waals surface area contributed by atoms with Gasteiger partial charge < -0.3 is 14.2 Å². The predicted octanol–water partition coefficient (Wildman–Crippen LogP) is 3.57. The summed E-state index contributed by atoms with van der Waals surface area (Å²) in [6.07, 6.45) is -1.97. The molecule has 0 radical (unpaired) electrons. The first-order valence-corrected chi connectivity index (χ1v) is 7.49. The minimum atomic E-state index is -0.951. The maximum Gasteiger partial charge on any atom is 0.517 e. The fourth-order valence-electron chi connectivity index (χ4n) is 1.50. The van der Waals surface area contributed by atoms with Crippen LogP contribution >= 0.6 is 0 Å². The number of ether oxygens (including phenoxy) is 3. The van der Waals surface area contributed by atoms with E-state index in [-0.39, 0.29) is 24.0 Å². The molecular weight excluding hydrogens is 310 g/mol. The van der Waals surface area contributed by atoms with Gasteiger partial charge in [-0.25, -0.2) is 4.79 Å². The number of nitriles is 1. The van der Waals surface area contributed by atoms with Crippen LogP contribution < -0.4 is 0 Å². The Morgan fingerprint density at radius 2 is 1.62 bits per heavy atom. The van der Waals surface area contributed by atoms with E-state index in [1.54, 1.807) is 39.8 Å². The number of hydrogen-bond acceptors (Lipinski definition) is 7. The smallest absolute Gasteiger partial charge is 0.446 e. The summed E-state index contributed by atoms with van der Waals surface area (Å²) in [4.78, 5) is 11.5. The molecule has 0 unspecified atom stereocenters. The van der Waals surface area contributed by atoms with Crippen LogP contribution in [0.4, 0.5) is 4.79 Å². The van der Waals surface area contributed by atoms with Crippen LogP contribution in [-0.4, -0.2) is 30.2 Å². The molecule has 0 aliphatic rings. The number of aryl methyl sites for hydroxylation is 1. The first-order valence-electron chi connectivity index (χ1n) is 7.49. The van der Waals surface area contributed by atoms with E-state index in [1.165, 1.54) is 0 Å². The van der Waals surface area contributed by atoms with E-state index in [4.69, 9.17) is 14.2 Å². The van der Waals surface area contributed by atoms with Crippen molar-refractivity contribution in [3.8, 4) is 6.07 Å². The van der Waals surface area contributed by atoms with Crippen molar-refractivity contribution in [1.29, 1.82) is 5.26 Å². The Morgan fingerprint density at radius 3 is 2.12 bits per heavy atom. The molecule has 0 N–H and O–H groups in total. The van der Waals surface area contributed by atoms with Crippen molar-refractivity contribution in [2.24, 2.45) is 10.2 Å². The minimum Gasteiger partial charge on any atom is -0.446 e. The molecule has 7 nitrogen and oxygen atoms in total. The molecular formula is C17H21N3O4. The lowest BCUT2D eigenvalue weighted by molar-refractivity contribution is 0.0502. The molecule has 0 amide bonds. The van der Waals surface area contributed by atoms with Gasteiger partial charge in [-0.1, -0.05) is 34.9 Å². The number of nitrogens with zero attached hydrogens (tertiary/aromatic N) is 3. The van der Waals surface area contributed by atoms with Crippen LogP contribution in [-0.2, 0) is 14.2 Å². The molecule has 0 aliphatic carbocycles. The van der Waals surface area contributed by atoms with Crippen molar-refractivity contribution in [3.63, 3.8) is 0 Å². The summed E-state index contributed by atoms with van der Waals surface area (Å²) in [7, 11) is 0. The first-order chi connectivity index (χ1) is 11.3. The van der Waals surface area contributed by atoms with E-state index in [9.17, 15) is 10.1 Å². The van der Waals surface area contributed by atoms with Gasteiger partial charge >= 0.3 is 12.2 Å². The Balaban J connectivity index is 3.00. The zero-order chi connectivity index (χ0) is 18.1. The lowest BCUT2D eigenvalue weighted by Crippen LogP contribution is -2.21. The highest BCUT2D eigenvalue weighted by molar-refractivity contribution is 6.11. The summed E-state index contributed by atoms with van der Waals surface area (Å²) < 4.78 is 15.0. The summed E-state index contributed by atoms with van der Waals surface area (Å²) in [6, 6.07) is 9.17. The van der Waals surface area contributed by atoms with E-state index in [2.05, 4.69) is 10.2 Å². The normalized spacial score (nSPS) is 12.1. The molecule has 1 aromatic carbocycles. The van der Waals surface area contributed by atoms with Crippen molar-refractivity contribution in [2.45, 2.75) is 46.8 Å². The van der Waals surface area contributed by atoms with Gasteiger partial charge in [-0.05, 0) is 34.6 Å². The Labute approximate surface area is 141 Å².